The summed E-state index contributed by atoms with van der Waals surface area (Å²) >= 11 is 7.98. The Labute approximate surface area is 101 Å². The number of thioether (sulfide) groups is 1. The van der Waals surface area contributed by atoms with E-state index in [1.807, 2.05) is 17.8 Å². The van der Waals surface area contributed by atoms with Gasteiger partial charge in [-0.2, -0.15) is 11.8 Å². The van der Waals surface area contributed by atoms with E-state index >= 15 is 0 Å². The van der Waals surface area contributed by atoms with E-state index in [2.05, 4.69) is 26.0 Å². The smallest absolute Gasteiger partial charge is 0.0449 e. The molecule has 0 saturated carbocycles. The first-order chi connectivity index (χ1) is 7.13. The van der Waals surface area contributed by atoms with Crippen LogP contribution >= 0.6 is 23.4 Å². The zero-order valence-electron chi connectivity index (χ0n) is 9.29. The van der Waals surface area contributed by atoms with Crippen LogP contribution in [0.2, 0.25) is 5.02 Å². The van der Waals surface area contributed by atoms with Crippen LogP contribution in [0.3, 0.4) is 0 Å². The van der Waals surface area contributed by atoms with E-state index in [0.717, 1.165) is 22.9 Å². The van der Waals surface area contributed by atoms with Gasteiger partial charge in [-0.25, -0.2) is 0 Å². The van der Waals surface area contributed by atoms with Gasteiger partial charge in [-0.3, -0.25) is 0 Å². The molecule has 1 aromatic carbocycles. The van der Waals surface area contributed by atoms with Gasteiger partial charge in [0.25, 0.3) is 0 Å². The summed E-state index contributed by atoms with van der Waals surface area (Å²) in [4.78, 5) is 0. The third kappa shape index (κ3) is 4.45. The van der Waals surface area contributed by atoms with Crippen molar-refractivity contribution in [2.75, 3.05) is 5.75 Å². The number of benzene rings is 1. The van der Waals surface area contributed by atoms with Gasteiger partial charge in [-0.05, 0) is 30.5 Å². The zero-order valence-corrected chi connectivity index (χ0v) is 10.9. The summed E-state index contributed by atoms with van der Waals surface area (Å²) in [5, 5.41) is 0.868. The summed E-state index contributed by atoms with van der Waals surface area (Å²) in [6, 6.07) is 6.51. The average molecular weight is 244 g/mol. The molecule has 0 saturated heterocycles. The van der Waals surface area contributed by atoms with Crippen molar-refractivity contribution in [3.05, 3.63) is 34.3 Å². The van der Waals surface area contributed by atoms with Crippen molar-refractivity contribution in [1.82, 2.24) is 0 Å². The van der Waals surface area contributed by atoms with Gasteiger partial charge in [0.2, 0.25) is 0 Å². The van der Waals surface area contributed by atoms with Crippen LogP contribution in [0.5, 0.6) is 0 Å². The number of hydrogen-bond acceptors (Lipinski definition) is 2. The Bertz CT molecular complexity index is 314. The molecule has 0 aliphatic heterocycles. The predicted octanol–water partition coefficient (Wildman–Crippen LogP) is 3.62. The van der Waals surface area contributed by atoms with E-state index in [1.165, 1.54) is 11.1 Å². The van der Waals surface area contributed by atoms with Crippen molar-refractivity contribution in [2.24, 2.45) is 5.73 Å². The highest BCUT2D eigenvalue weighted by Crippen LogP contribution is 2.22. The molecule has 2 N–H and O–H groups in total. The van der Waals surface area contributed by atoms with Crippen LogP contribution in [0.25, 0.3) is 0 Å². The predicted molar refractivity (Wildman–Crippen MR) is 70.6 cm³/mol. The Balaban J connectivity index is 2.44. The number of aryl methyl sites for hydroxylation is 1. The molecule has 1 aromatic rings. The lowest BCUT2D eigenvalue weighted by Crippen LogP contribution is -2.21. The van der Waals surface area contributed by atoms with E-state index in [9.17, 15) is 0 Å². The first kappa shape index (κ1) is 12.9. The van der Waals surface area contributed by atoms with Crippen molar-refractivity contribution in [2.45, 2.75) is 32.1 Å². The van der Waals surface area contributed by atoms with Crippen LogP contribution in [0, 0.1) is 6.92 Å². The molecule has 0 fully saturated rings. The quantitative estimate of drug-likeness (QED) is 0.855. The Morgan fingerprint density at radius 2 is 2.20 bits per heavy atom. The molecule has 1 rings (SSSR count). The molecule has 1 unspecified atom stereocenters. The molecule has 84 valence electrons. The lowest BCUT2D eigenvalue weighted by molar-refractivity contribution is 0.725. The summed E-state index contributed by atoms with van der Waals surface area (Å²) < 4.78 is 0. The molecule has 0 aliphatic carbocycles. The molecule has 0 heterocycles. The molecular weight excluding hydrogens is 226 g/mol. The molecule has 1 nitrogen and oxygen atoms in total. The second kappa shape index (κ2) is 6.41. The standard InChI is InChI=1S/C12H18ClNS/c1-3-11(14)8-15-7-10-5-4-9(2)6-12(10)13/h4-6,11H,3,7-8,14H2,1-2H3. The minimum atomic E-state index is 0.305. The minimum Gasteiger partial charge on any atom is -0.327 e. The Hall–Kier alpha value is -0.180. The van der Waals surface area contributed by atoms with Crippen LogP contribution < -0.4 is 5.73 Å². The monoisotopic (exact) mass is 243 g/mol. The molecular formula is C12H18ClNS. The molecule has 0 radical (unpaired) electrons. The summed E-state index contributed by atoms with van der Waals surface area (Å²) in [5.74, 6) is 1.95. The van der Waals surface area contributed by atoms with Crippen LogP contribution in [0.15, 0.2) is 18.2 Å². The van der Waals surface area contributed by atoms with Gasteiger partial charge in [0.05, 0.1) is 0 Å². The summed E-state index contributed by atoms with van der Waals surface area (Å²) in [5.41, 5.74) is 8.26. The zero-order chi connectivity index (χ0) is 11.3. The van der Waals surface area contributed by atoms with Gasteiger partial charge in [0.1, 0.15) is 0 Å². The summed E-state index contributed by atoms with van der Waals surface area (Å²) in [6.07, 6.45) is 1.04. The van der Waals surface area contributed by atoms with Crippen molar-refractivity contribution in [3.8, 4) is 0 Å². The maximum Gasteiger partial charge on any atom is 0.0449 e. The summed E-state index contributed by atoms with van der Waals surface area (Å²) in [6.45, 7) is 4.17. The molecule has 0 amide bonds. The number of halogens is 1. The molecule has 3 heteroatoms. The van der Waals surface area contributed by atoms with Gasteiger partial charge in [-0.15, -0.1) is 0 Å². The van der Waals surface area contributed by atoms with E-state index < -0.39 is 0 Å². The van der Waals surface area contributed by atoms with Gasteiger partial charge in [0, 0.05) is 22.6 Å². The minimum absolute atomic E-state index is 0.305. The topological polar surface area (TPSA) is 26.0 Å². The highest BCUT2D eigenvalue weighted by atomic mass is 35.5. The van der Waals surface area contributed by atoms with Gasteiger partial charge >= 0.3 is 0 Å². The molecule has 0 aromatic heterocycles. The fraction of sp³-hybridized carbons (Fsp3) is 0.500. The first-order valence-corrected chi connectivity index (χ1v) is 6.75. The average Bonchev–Trinajstić information content (AvgIpc) is 2.21. The molecule has 0 spiro atoms. The molecule has 1 atom stereocenters. The Morgan fingerprint density at radius 3 is 2.80 bits per heavy atom. The number of hydrogen-bond donors (Lipinski definition) is 1. The number of nitrogens with two attached hydrogens (primary N) is 1. The van der Waals surface area contributed by atoms with Gasteiger partial charge in [0.15, 0.2) is 0 Å². The third-order valence-corrected chi connectivity index (χ3v) is 3.85. The second-order valence-electron chi connectivity index (χ2n) is 3.78. The first-order valence-electron chi connectivity index (χ1n) is 5.21. The fourth-order valence-corrected chi connectivity index (χ4v) is 2.72. The molecule has 15 heavy (non-hydrogen) atoms. The lowest BCUT2D eigenvalue weighted by Gasteiger charge is -2.09. The van der Waals surface area contributed by atoms with Crippen molar-refractivity contribution in [1.29, 1.82) is 0 Å². The largest absolute Gasteiger partial charge is 0.327 e. The normalized spacial score (nSPS) is 12.8. The SMILES string of the molecule is CCC(N)CSCc1ccc(C)cc1Cl. The highest BCUT2D eigenvalue weighted by Gasteiger charge is 2.03. The fourth-order valence-electron chi connectivity index (χ4n) is 1.21. The van der Waals surface area contributed by atoms with Gasteiger partial charge < -0.3 is 5.73 Å². The maximum atomic E-state index is 6.13. The van der Waals surface area contributed by atoms with E-state index in [0.29, 0.717) is 6.04 Å². The van der Waals surface area contributed by atoms with Crippen LogP contribution in [-0.4, -0.2) is 11.8 Å². The van der Waals surface area contributed by atoms with E-state index in [4.69, 9.17) is 17.3 Å². The van der Waals surface area contributed by atoms with Crippen LogP contribution in [0.4, 0.5) is 0 Å². The van der Waals surface area contributed by atoms with Gasteiger partial charge in [-0.1, -0.05) is 30.7 Å². The third-order valence-electron chi connectivity index (χ3n) is 2.32. The molecule has 0 aliphatic rings. The lowest BCUT2D eigenvalue weighted by atomic mass is 10.2. The maximum absolute atomic E-state index is 6.13. The number of rotatable bonds is 5. The van der Waals surface area contributed by atoms with Crippen LogP contribution in [0.1, 0.15) is 24.5 Å². The van der Waals surface area contributed by atoms with E-state index in [1.54, 1.807) is 0 Å². The highest BCUT2D eigenvalue weighted by molar-refractivity contribution is 7.98. The van der Waals surface area contributed by atoms with Crippen molar-refractivity contribution < 1.29 is 0 Å². The van der Waals surface area contributed by atoms with Crippen LogP contribution in [-0.2, 0) is 5.75 Å². The Morgan fingerprint density at radius 1 is 1.47 bits per heavy atom. The Kier molecular flexibility index (Phi) is 5.51. The summed E-state index contributed by atoms with van der Waals surface area (Å²) in [7, 11) is 0. The van der Waals surface area contributed by atoms with Crippen molar-refractivity contribution >= 4 is 23.4 Å². The van der Waals surface area contributed by atoms with E-state index in [-0.39, 0.29) is 0 Å². The molecule has 0 bridgehead atoms. The van der Waals surface area contributed by atoms with Crippen molar-refractivity contribution in [3.63, 3.8) is 0 Å². The second-order valence-corrected chi connectivity index (χ2v) is 5.22.